The summed E-state index contributed by atoms with van der Waals surface area (Å²) in [5, 5.41) is 10.9. The summed E-state index contributed by atoms with van der Waals surface area (Å²) >= 11 is 0. The van der Waals surface area contributed by atoms with Crippen LogP contribution in [0.25, 0.3) is 0 Å². The van der Waals surface area contributed by atoms with Gasteiger partial charge in [0.15, 0.2) is 6.29 Å². The van der Waals surface area contributed by atoms with Gasteiger partial charge in [0.1, 0.15) is 12.2 Å². The highest BCUT2D eigenvalue weighted by Crippen LogP contribution is 2.30. The molecule has 1 saturated heterocycles. The number of carbonyl (C=O) groups is 1. The first kappa shape index (κ1) is 21.5. The predicted octanol–water partition coefficient (Wildman–Crippen LogP) is -2.94. The molecule has 0 spiro atoms. The lowest BCUT2D eigenvalue weighted by atomic mass is 9.83. The molecule has 8 atom stereocenters. The minimum atomic E-state index is -1.07. The molecule has 152 valence electrons. The Morgan fingerprint density at radius 1 is 1.27 bits per heavy atom. The maximum atomic E-state index is 12.0. The number of carbonyl (C=O) groups excluding carboxylic acids is 1. The molecule has 0 aromatic carbocycles. The number of aliphatic hydroxyl groups is 1. The van der Waals surface area contributed by atoms with Gasteiger partial charge in [-0.3, -0.25) is 4.79 Å². The summed E-state index contributed by atoms with van der Waals surface area (Å²) in [6, 6.07) is -1.47. The number of amides is 1. The van der Waals surface area contributed by atoms with E-state index in [4.69, 9.17) is 37.1 Å². The van der Waals surface area contributed by atoms with Gasteiger partial charge in [0.25, 0.3) is 0 Å². The average Bonchev–Trinajstić information content (AvgIpc) is 2.64. The van der Waals surface area contributed by atoms with Gasteiger partial charge in [0.2, 0.25) is 5.91 Å². The van der Waals surface area contributed by atoms with Crippen LogP contribution in [0.1, 0.15) is 19.3 Å². The van der Waals surface area contributed by atoms with E-state index >= 15 is 0 Å². The Morgan fingerprint density at radius 2 is 1.96 bits per heavy atom. The Bertz CT molecular complexity index is 470. The summed E-state index contributed by atoms with van der Waals surface area (Å²) in [5.74, 6) is -0.306. The van der Waals surface area contributed by atoms with Gasteiger partial charge in [-0.15, -0.1) is 0 Å². The van der Waals surface area contributed by atoms with Crippen LogP contribution in [0, 0.1) is 0 Å². The molecule has 0 bridgehead atoms. The molecule has 2 fully saturated rings. The van der Waals surface area contributed by atoms with E-state index in [0.717, 1.165) is 6.42 Å². The zero-order valence-corrected chi connectivity index (χ0v) is 15.5. The van der Waals surface area contributed by atoms with E-state index in [1.807, 2.05) is 0 Å². The summed E-state index contributed by atoms with van der Waals surface area (Å²) < 4.78 is 17.2. The van der Waals surface area contributed by atoms with E-state index in [-0.39, 0.29) is 24.6 Å². The second-order valence-corrected chi connectivity index (χ2v) is 7.07. The number of methoxy groups -OCH3 is 1. The fourth-order valence-electron chi connectivity index (χ4n) is 3.75. The second kappa shape index (κ2) is 9.38. The first-order chi connectivity index (χ1) is 12.3. The van der Waals surface area contributed by atoms with E-state index < -0.39 is 36.7 Å². The lowest BCUT2D eigenvalue weighted by molar-refractivity contribution is -0.253. The quantitative estimate of drug-likeness (QED) is 0.325. The molecule has 26 heavy (non-hydrogen) atoms. The van der Waals surface area contributed by atoms with Crippen LogP contribution in [-0.4, -0.2) is 92.0 Å². The van der Waals surface area contributed by atoms with E-state index in [0.29, 0.717) is 19.4 Å². The number of hydrogen-bond donors (Lipinski definition) is 5. The number of rotatable bonds is 6. The number of likely N-dealkylation sites (N-methyl/N-ethyl adjacent to an activating group) is 1. The van der Waals surface area contributed by atoms with Crippen molar-refractivity contribution in [2.45, 2.75) is 68.1 Å². The lowest BCUT2D eigenvalue weighted by Crippen LogP contribution is -2.67. The summed E-state index contributed by atoms with van der Waals surface area (Å²) in [4.78, 5) is 13.4. The fraction of sp³-hybridized carbons (Fsp3) is 0.938. The predicted molar refractivity (Wildman–Crippen MR) is 94.8 cm³/mol. The van der Waals surface area contributed by atoms with Gasteiger partial charge in [-0.25, -0.2) is 0 Å². The number of aliphatic hydroxyl groups excluding tert-OH is 1. The number of nitrogens with two attached hydrogens (primary N) is 4. The van der Waals surface area contributed by atoms with Crippen LogP contribution in [0.4, 0.5) is 0 Å². The molecule has 2 aliphatic rings. The van der Waals surface area contributed by atoms with Crippen LogP contribution in [0.15, 0.2) is 0 Å². The molecule has 0 aromatic rings. The van der Waals surface area contributed by atoms with Gasteiger partial charge in [0, 0.05) is 26.7 Å². The van der Waals surface area contributed by atoms with Crippen LogP contribution >= 0.6 is 0 Å². The maximum absolute atomic E-state index is 12.0. The second-order valence-electron chi connectivity index (χ2n) is 7.07. The zero-order chi connectivity index (χ0) is 19.4. The van der Waals surface area contributed by atoms with E-state index in [1.165, 1.54) is 12.0 Å². The Morgan fingerprint density at radius 3 is 2.54 bits per heavy atom. The smallest absolute Gasteiger partial charge is 0.236 e. The molecule has 1 aliphatic carbocycles. The Hall–Kier alpha value is -0.850. The molecule has 1 amide bonds. The van der Waals surface area contributed by atoms with Crippen LogP contribution in [0.5, 0.6) is 0 Å². The fourth-order valence-corrected chi connectivity index (χ4v) is 3.75. The van der Waals surface area contributed by atoms with Crippen molar-refractivity contribution < 1.29 is 24.1 Å². The van der Waals surface area contributed by atoms with Crippen molar-refractivity contribution in [3.8, 4) is 0 Å². The molecular formula is C16H33N5O5. The number of hydrogen-bond acceptors (Lipinski definition) is 9. The van der Waals surface area contributed by atoms with Crippen molar-refractivity contribution >= 4 is 5.91 Å². The van der Waals surface area contributed by atoms with Crippen molar-refractivity contribution in [1.29, 1.82) is 0 Å². The molecule has 0 radical (unpaired) electrons. The molecule has 2 rings (SSSR count). The van der Waals surface area contributed by atoms with Crippen molar-refractivity contribution in [2.75, 3.05) is 27.2 Å². The van der Waals surface area contributed by atoms with Crippen LogP contribution in [0.2, 0.25) is 0 Å². The highest BCUT2D eigenvalue weighted by atomic mass is 16.7. The topological polar surface area (TPSA) is 172 Å². The molecule has 1 aliphatic heterocycles. The molecule has 0 aromatic heterocycles. The third kappa shape index (κ3) is 4.52. The minimum Gasteiger partial charge on any atom is -0.388 e. The normalized spacial score (nSPS) is 41.0. The van der Waals surface area contributed by atoms with Gasteiger partial charge in [-0.05, 0) is 19.3 Å². The van der Waals surface area contributed by atoms with Crippen molar-refractivity contribution in [2.24, 2.45) is 22.9 Å². The maximum Gasteiger partial charge on any atom is 0.236 e. The Balaban J connectivity index is 2.15. The summed E-state index contributed by atoms with van der Waals surface area (Å²) in [5.41, 5.74) is 23.5. The minimum absolute atomic E-state index is 0.138. The average molecular weight is 375 g/mol. The molecule has 1 unspecified atom stereocenters. The highest BCUT2D eigenvalue weighted by Gasteiger charge is 2.48. The number of ether oxygens (including phenoxy) is 3. The first-order valence-corrected chi connectivity index (χ1v) is 9.02. The van der Waals surface area contributed by atoms with Gasteiger partial charge in [0.05, 0.1) is 30.8 Å². The standard InChI is InChI=1S/C16H33N5O5/c1-21(12(22)7-18)13-11(24-2)5-10(20)15(14(13)23)26-16-9(19)4-3-8(6-17)25-16/h8-11,13-16,23H,3-7,17-20H2,1-2H3/t8-,9+,10+,11?,13+,14+,15-,16+/m0/s1. The molecule has 10 nitrogen and oxygen atoms in total. The summed E-state index contributed by atoms with van der Waals surface area (Å²) in [7, 11) is 3.10. The lowest BCUT2D eigenvalue weighted by Gasteiger charge is -2.48. The number of nitrogens with zero attached hydrogens (tertiary/aromatic N) is 1. The molecule has 1 saturated carbocycles. The van der Waals surface area contributed by atoms with Crippen LogP contribution in [0.3, 0.4) is 0 Å². The van der Waals surface area contributed by atoms with E-state index in [1.54, 1.807) is 7.05 Å². The van der Waals surface area contributed by atoms with Crippen molar-refractivity contribution in [1.82, 2.24) is 4.90 Å². The third-order valence-corrected chi connectivity index (χ3v) is 5.36. The van der Waals surface area contributed by atoms with Gasteiger partial charge in [-0.1, -0.05) is 0 Å². The first-order valence-electron chi connectivity index (χ1n) is 9.02. The molecular weight excluding hydrogens is 342 g/mol. The highest BCUT2D eigenvalue weighted by molar-refractivity contribution is 5.78. The molecule has 10 heteroatoms. The van der Waals surface area contributed by atoms with Gasteiger partial charge < -0.3 is 47.2 Å². The SMILES string of the molecule is COC1C[C@@H](N)[C@H](O[C@H]2O[C@H](CN)CC[C@H]2N)[C@H](O)[C@@H]1N(C)C(=O)CN. The third-order valence-electron chi connectivity index (χ3n) is 5.36. The molecule has 1 heterocycles. The van der Waals surface area contributed by atoms with Crippen molar-refractivity contribution in [3.63, 3.8) is 0 Å². The largest absolute Gasteiger partial charge is 0.388 e. The Labute approximate surface area is 154 Å². The Kier molecular flexibility index (Phi) is 7.74. The summed E-state index contributed by atoms with van der Waals surface area (Å²) in [6.45, 7) is 0.205. The zero-order valence-electron chi connectivity index (χ0n) is 15.5. The van der Waals surface area contributed by atoms with Crippen LogP contribution < -0.4 is 22.9 Å². The van der Waals surface area contributed by atoms with E-state index in [9.17, 15) is 9.90 Å². The molecule has 9 N–H and O–H groups in total. The monoisotopic (exact) mass is 375 g/mol. The van der Waals surface area contributed by atoms with Crippen LogP contribution in [-0.2, 0) is 19.0 Å². The summed E-state index contributed by atoms with van der Waals surface area (Å²) in [6.07, 6.45) is -1.23. The van der Waals surface area contributed by atoms with Gasteiger partial charge >= 0.3 is 0 Å². The van der Waals surface area contributed by atoms with Crippen molar-refractivity contribution in [3.05, 3.63) is 0 Å². The van der Waals surface area contributed by atoms with Gasteiger partial charge in [-0.2, -0.15) is 0 Å². The van der Waals surface area contributed by atoms with E-state index in [2.05, 4.69) is 0 Å².